The van der Waals surface area contributed by atoms with Crippen LogP contribution in [0.5, 0.6) is 5.75 Å². The molecule has 0 aliphatic carbocycles. The molecule has 1 aromatic carbocycles. The lowest BCUT2D eigenvalue weighted by Crippen LogP contribution is -2.53. The topological polar surface area (TPSA) is 105 Å². The van der Waals surface area contributed by atoms with Crippen molar-refractivity contribution in [2.24, 2.45) is 5.92 Å². The highest BCUT2D eigenvalue weighted by Gasteiger charge is 2.31. The minimum absolute atomic E-state index is 0.0323. The van der Waals surface area contributed by atoms with Crippen LogP contribution in [0.25, 0.3) is 11.4 Å². The van der Waals surface area contributed by atoms with Gasteiger partial charge >= 0.3 is 6.09 Å². The van der Waals surface area contributed by atoms with E-state index in [9.17, 15) is 9.59 Å². The summed E-state index contributed by atoms with van der Waals surface area (Å²) in [6, 6.07) is 8.99. The predicted octanol–water partition coefficient (Wildman–Crippen LogP) is 2.81. The molecular weight excluding hydrogens is 372 g/mol. The highest BCUT2D eigenvalue weighted by atomic mass is 16.5. The maximum atomic E-state index is 12.7. The Morgan fingerprint density at radius 1 is 1.14 bits per heavy atom. The number of benzene rings is 1. The van der Waals surface area contributed by atoms with Gasteiger partial charge in [-0.05, 0) is 5.92 Å². The van der Waals surface area contributed by atoms with Crippen LogP contribution in [-0.2, 0) is 4.79 Å². The van der Waals surface area contributed by atoms with E-state index in [-0.39, 0.29) is 17.9 Å². The summed E-state index contributed by atoms with van der Waals surface area (Å²) >= 11 is 0. The summed E-state index contributed by atoms with van der Waals surface area (Å²) in [5, 5.41) is 11.3. The van der Waals surface area contributed by atoms with Crippen LogP contribution >= 0.6 is 0 Å². The molecule has 1 aliphatic rings. The molecule has 1 saturated heterocycles. The first-order chi connectivity index (χ1) is 13.9. The Labute approximate surface area is 169 Å². The molecule has 1 fully saturated rings. The molecule has 1 aromatic heterocycles. The van der Waals surface area contributed by atoms with Gasteiger partial charge < -0.3 is 20.1 Å². The second-order valence-corrected chi connectivity index (χ2v) is 7.42. The van der Waals surface area contributed by atoms with Gasteiger partial charge in [0, 0.05) is 31.5 Å². The number of hydrogen-bond acceptors (Lipinski definition) is 5. The standard InChI is InChI=1S/C21H26N4O4/c1-14(2)18(24-21(27)28)20(26)25-10-8-16(9-11-25)29-17-12-22-19(23-13-17)15-6-4-3-5-7-15/h3-7,12-14,16,18,24H,8-11H2,1-2H3,(H,27,28)/t18-/m0/s1. The van der Waals surface area contributed by atoms with Crippen LogP contribution in [0.15, 0.2) is 42.7 Å². The third kappa shape index (κ3) is 5.43. The minimum Gasteiger partial charge on any atom is -0.487 e. The van der Waals surface area contributed by atoms with Gasteiger partial charge in [0.15, 0.2) is 11.6 Å². The van der Waals surface area contributed by atoms with Crippen LogP contribution in [0.1, 0.15) is 26.7 Å². The first-order valence-electron chi connectivity index (χ1n) is 9.76. The fraction of sp³-hybridized carbons (Fsp3) is 0.429. The number of carbonyl (C=O) groups is 2. The molecular formula is C21H26N4O4. The van der Waals surface area contributed by atoms with E-state index in [4.69, 9.17) is 9.84 Å². The lowest BCUT2D eigenvalue weighted by atomic mass is 10.0. The third-order valence-electron chi connectivity index (χ3n) is 4.93. The van der Waals surface area contributed by atoms with Crippen molar-refractivity contribution in [2.75, 3.05) is 13.1 Å². The molecule has 3 rings (SSSR count). The van der Waals surface area contributed by atoms with Gasteiger partial charge in [0.2, 0.25) is 5.91 Å². The number of likely N-dealkylation sites (tertiary alicyclic amines) is 1. The Balaban J connectivity index is 1.53. The molecule has 1 atom stereocenters. The van der Waals surface area contributed by atoms with Crippen molar-refractivity contribution < 1.29 is 19.4 Å². The Bertz CT molecular complexity index is 818. The predicted molar refractivity (Wildman–Crippen MR) is 107 cm³/mol. The molecule has 2 N–H and O–H groups in total. The quantitative estimate of drug-likeness (QED) is 0.775. The van der Waals surface area contributed by atoms with E-state index >= 15 is 0 Å². The van der Waals surface area contributed by atoms with E-state index in [1.807, 2.05) is 44.2 Å². The second-order valence-electron chi connectivity index (χ2n) is 7.42. The lowest BCUT2D eigenvalue weighted by Gasteiger charge is -2.35. The van der Waals surface area contributed by atoms with Crippen LogP contribution in [0.4, 0.5) is 4.79 Å². The van der Waals surface area contributed by atoms with Gasteiger partial charge in [0.05, 0.1) is 12.4 Å². The first kappa shape index (κ1) is 20.6. The van der Waals surface area contributed by atoms with Gasteiger partial charge in [-0.25, -0.2) is 14.8 Å². The van der Waals surface area contributed by atoms with Crippen molar-refractivity contribution >= 4 is 12.0 Å². The lowest BCUT2D eigenvalue weighted by molar-refractivity contribution is -0.136. The number of nitrogens with zero attached hydrogens (tertiary/aromatic N) is 3. The zero-order valence-corrected chi connectivity index (χ0v) is 16.6. The smallest absolute Gasteiger partial charge is 0.405 e. The van der Waals surface area contributed by atoms with E-state index in [1.165, 1.54) is 0 Å². The molecule has 29 heavy (non-hydrogen) atoms. The van der Waals surface area contributed by atoms with Crippen molar-refractivity contribution in [1.29, 1.82) is 0 Å². The van der Waals surface area contributed by atoms with Crippen LogP contribution < -0.4 is 10.1 Å². The fourth-order valence-electron chi connectivity index (χ4n) is 3.34. The number of hydrogen-bond donors (Lipinski definition) is 2. The molecule has 0 unspecified atom stereocenters. The summed E-state index contributed by atoms with van der Waals surface area (Å²) in [6.45, 7) is 4.70. The molecule has 2 heterocycles. The van der Waals surface area contributed by atoms with Crippen LogP contribution in [0, 0.1) is 5.92 Å². The van der Waals surface area contributed by atoms with Crippen molar-refractivity contribution in [3.63, 3.8) is 0 Å². The normalized spacial score (nSPS) is 15.8. The van der Waals surface area contributed by atoms with Gasteiger partial charge in [-0.15, -0.1) is 0 Å². The van der Waals surface area contributed by atoms with E-state index in [0.717, 1.165) is 5.56 Å². The average molecular weight is 398 g/mol. The van der Waals surface area contributed by atoms with Crippen molar-refractivity contribution in [3.05, 3.63) is 42.7 Å². The monoisotopic (exact) mass is 398 g/mol. The summed E-state index contributed by atoms with van der Waals surface area (Å²) < 4.78 is 5.97. The van der Waals surface area contributed by atoms with E-state index in [1.54, 1.807) is 17.3 Å². The number of aromatic nitrogens is 2. The summed E-state index contributed by atoms with van der Waals surface area (Å²) in [7, 11) is 0. The first-order valence-corrected chi connectivity index (χ1v) is 9.76. The summed E-state index contributed by atoms with van der Waals surface area (Å²) in [6.07, 6.45) is 3.45. The molecule has 2 aromatic rings. The Kier molecular flexibility index (Phi) is 6.64. The van der Waals surface area contributed by atoms with Crippen LogP contribution in [-0.4, -0.2) is 57.2 Å². The molecule has 0 saturated carbocycles. The highest BCUT2D eigenvalue weighted by Crippen LogP contribution is 2.21. The molecule has 2 amide bonds. The fourth-order valence-corrected chi connectivity index (χ4v) is 3.34. The number of carboxylic acid groups (broad SMARTS) is 1. The molecule has 0 radical (unpaired) electrons. The highest BCUT2D eigenvalue weighted by molar-refractivity contribution is 5.85. The van der Waals surface area contributed by atoms with Crippen LogP contribution in [0.2, 0.25) is 0 Å². The number of rotatable bonds is 6. The Hall–Kier alpha value is -3.16. The van der Waals surface area contributed by atoms with Crippen LogP contribution in [0.3, 0.4) is 0 Å². The summed E-state index contributed by atoms with van der Waals surface area (Å²) in [5.41, 5.74) is 0.945. The SMILES string of the molecule is CC(C)[C@H](NC(=O)O)C(=O)N1CCC(Oc2cnc(-c3ccccc3)nc2)CC1. The van der Waals surface area contributed by atoms with Gasteiger partial charge in [-0.2, -0.15) is 0 Å². The maximum absolute atomic E-state index is 12.7. The number of amides is 2. The van der Waals surface area contributed by atoms with E-state index in [0.29, 0.717) is 37.5 Å². The number of carbonyl (C=O) groups excluding carboxylic acids is 1. The van der Waals surface area contributed by atoms with Crippen molar-refractivity contribution in [3.8, 4) is 17.1 Å². The third-order valence-corrected chi connectivity index (χ3v) is 4.93. The summed E-state index contributed by atoms with van der Waals surface area (Å²) in [5.74, 6) is 0.940. The molecule has 0 spiro atoms. The maximum Gasteiger partial charge on any atom is 0.405 e. The van der Waals surface area contributed by atoms with Crippen molar-refractivity contribution in [1.82, 2.24) is 20.2 Å². The molecule has 8 heteroatoms. The summed E-state index contributed by atoms with van der Waals surface area (Å²) in [4.78, 5) is 34.0. The van der Waals surface area contributed by atoms with E-state index in [2.05, 4.69) is 15.3 Å². The number of ether oxygens (including phenoxy) is 1. The molecule has 8 nitrogen and oxygen atoms in total. The Morgan fingerprint density at radius 3 is 2.31 bits per heavy atom. The molecule has 0 bridgehead atoms. The molecule has 154 valence electrons. The zero-order valence-electron chi connectivity index (χ0n) is 16.6. The largest absolute Gasteiger partial charge is 0.487 e. The van der Waals surface area contributed by atoms with E-state index < -0.39 is 12.1 Å². The zero-order chi connectivity index (χ0) is 20.8. The second kappa shape index (κ2) is 9.36. The number of nitrogens with one attached hydrogen (secondary N) is 1. The number of piperidine rings is 1. The Morgan fingerprint density at radius 2 is 1.76 bits per heavy atom. The average Bonchev–Trinajstić information content (AvgIpc) is 2.73. The van der Waals surface area contributed by atoms with Crippen molar-refractivity contribution in [2.45, 2.75) is 38.8 Å². The van der Waals surface area contributed by atoms with Gasteiger partial charge in [-0.1, -0.05) is 44.2 Å². The minimum atomic E-state index is -1.19. The van der Waals surface area contributed by atoms with Gasteiger partial charge in [0.1, 0.15) is 12.1 Å². The molecule has 1 aliphatic heterocycles. The van der Waals surface area contributed by atoms with Gasteiger partial charge in [-0.3, -0.25) is 4.79 Å². The van der Waals surface area contributed by atoms with Gasteiger partial charge in [0.25, 0.3) is 0 Å².